The lowest BCUT2D eigenvalue weighted by molar-refractivity contribution is 0.259. The Balaban J connectivity index is 2.05. The summed E-state index contributed by atoms with van der Waals surface area (Å²) in [5.41, 5.74) is 0.453. The highest BCUT2D eigenvalue weighted by molar-refractivity contribution is 7.91. The van der Waals surface area contributed by atoms with Crippen molar-refractivity contribution >= 4 is 47.2 Å². The first-order valence-electron chi connectivity index (χ1n) is 10.1. The van der Waals surface area contributed by atoms with Crippen LogP contribution in [-0.4, -0.2) is 55.8 Å². The number of rotatable bonds is 9. The molecule has 0 bridgehead atoms. The molecule has 1 aromatic carbocycles. The van der Waals surface area contributed by atoms with Crippen LogP contribution in [0.5, 0.6) is 0 Å². The van der Waals surface area contributed by atoms with Crippen LogP contribution in [0.4, 0.5) is 5.82 Å². The first-order valence-corrected chi connectivity index (χ1v) is 14.4. The second-order valence-electron chi connectivity index (χ2n) is 8.23. The van der Waals surface area contributed by atoms with E-state index in [0.717, 1.165) is 17.6 Å². The molecule has 0 radical (unpaired) electrons. The van der Waals surface area contributed by atoms with Gasteiger partial charge in [0, 0.05) is 6.26 Å². The standard InChI is InChI=1S/C20H26N4O6S3/c1-11(2)9-14(10-25)21-17-16-18(24-20(26)31-16)23-19(22-17)33(29,30)12(3)13-5-7-15(8-6-13)32(4,27)28/h5-8,11-12,14,25H,9-10H2,1-4H3,(H2,21,22,23,24,26)/t12?,14-/m1/s1. The second kappa shape index (κ2) is 9.49. The Morgan fingerprint density at radius 2 is 1.73 bits per heavy atom. The maximum absolute atomic E-state index is 13.3. The third-order valence-corrected chi connectivity index (χ3v) is 8.98. The third kappa shape index (κ3) is 5.60. The molecule has 33 heavy (non-hydrogen) atoms. The molecule has 0 aliphatic rings. The Bertz CT molecular complexity index is 1410. The molecule has 0 fully saturated rings. The van der Waals surface area contributed by atoms with Crippen LogP contribution in [0.3, 0.4) is 0 Å². The van der Waals surface area contributed by atoms with Gasteiger partial charge in [0.1, 0.15) is 4.70 Å². The van der Waals surface area contributed by atoms with Crippen molar-refractivity contribution in [2.45, 2.75) is 48.5 Å². The molecule has 3 N–H and O–H groups in total. The predicted octanol–water partition coefficient (Wildman–Crippen LogP) is 2.14. The summed E-state index contributed by atoms with van der Waals surface area (Å²) in [6.45, 7) is 5.23. The number of hydrogen-bond donors (Lipinski definition) is 3. The maximum Gasteiger partial charge on any atom is 0.306 e. The number of aromatic amines is 1. The van der Waals surface area contributed by atoms with Crippen molar-refractivity contribution in [3.05, 3.63) is 39.5 Å². The molecule has 0 saturated carbocycles. The SMILES string of the molecule is CC(C)C[C@H](CO)Nc1nc(S(=O)(=O)C(C)c2ccc(S(C)(=O)=O)cc2)nc2[nH]c(=O)sc12. The number of aromatic nitrogens is 3. The molecule has 3 aromatic rings. The summed E-state index contributed by atoms with van der Waals surface area (Å²) in [5, 5.41) is 11.2. The predicted molar refractivity (Wildman–Crippen MR) is 127 cm³/mol. The summed E-state index contributed by atoms with van der Waals surface area (Å²) < 4.78 is 50.4. The molecule has 1 unspecified atom stereocenters. The van der Waals surface area contributed by atoms with Gasteiger partial charge >= 0.3 is 4.87 Å². The number of thiazole rings is 1. The van der Waals surface area contributed by atoms with Gasteiger partial charge in [-0.3, -0.25) is 9.78 Å². The lowest BCUT2D eigenvalue weighted by Gasteiger charge is -2.20. The topological polar surface area (TPSA) is 159 Å². The Kier molecular flexibility index (Phi) is 7.27. The van der Waals surface area contributed by atoms with Crippen LogP contribution in [0.15, 0.2) is 39.1 Å². The van der Waals surface area contributed by atoms with Crippen LogP contribution in [0.1, 0.15) is 38.0 Å². The Labute approximate surface area is 196 Å². The zero-order valence-corrected chi connectivity index (χ0v) is 21.0. The monoisotopic (exact) mass is 514 g/mol. The molecule has 0 spiro atoms. The number of fused-ring (bicyclic) bond motifs is 1. The van der Waals surface area contributed by atoms with Gasteiger partial charge in [0.15, 0.2) is 21.3 Å². The minimum absolute atomic E-state index is 0.0797. The summed E-state index contributed by atoms with van der Waals surface area (Å²) in [7, 11) is -7.52. The number of hydrogen-bond acceptors (Lipinski definition) is 10. The summed E-state index contributed by atoms with van der Waals surface area (Å²) in [5.74, 6) is 0.413. The molecule has 2 heterocycles. The van der Waals surface area contributed by atoms with E-state index in [1.807, 2.05) is 13.8 Å². The van der Waals surface area contributed by atoms with Gasteiger partial charge in [0.05, 0.1) is 22.8 Å². The zero-order chi connectivity index (χ0) is 24.6. The molecule has 10 nitrogen and oxygen atoms in total. The lowest BCUT2D eigenvalue weighted by Crippen LogP contribution is -2.26. The Hall–Kier alpha value is -2.35. The van der Waals surface area contributed by atoms with Crippen LogP contribution >= 0.6 is 11.3 Å². The van der Waals surface area contributed by atoms with Crippen molar-refractivity contribution in [2.24, 2.45) is 5.92 Å². The number of aliphatic hydroxyl groups is 1. The van der Waals surface area contributed by atoms with Crippen molar-refractivity contribution in [3.63, 3.8) is 0 Å². The van der Waals surface area contributed by atoms with Gasteiger partial charge in [0.25, 0.3) is 5.16 Å². The molecule has 0 aliphatic heterocycles. The van der Waals surface area contributed by atoms with Crippen LogP contribution in [0.2, 0.25) is 0 Å². The minimum atomic E-state index is -4.10. The molecule has 2 aromatic heterocycles. The number of sulfone groups is 2. The molecule has 13 heteroatoms. The van der Waals surface area contributed by atoms with Crippen LogP contribution in [-0.2, 0) is 19.7 Å². The lowest BCUT2D eigenvalue weighted by atomic mass is 10.0. The van der Waals surface area contributed by atoms with Crippen LogP contribution in [0, 0.1) is 5.92 Å². The highest BCUT2D eigenvalue weighted by Crippen LogP contribution is 2.31. The van der Waals surface area contributed by atoms with Gasteiger partial charge in [-0.25, -0.2) is 16.8 Å². The molecule has 0 saturated heterocycles. The Morgan fingerprint density at radius 1 is 1.09 bits per heavy atom. The number of H-pyrrole nitrogens is 1. The largest absolute Gasteiger partial charge is 0.394 e. The van der Waals surface area contributed by atoms with E-state index in [1.54, 1.807) is 0 Å². The van der Waals surface area contributed by atoms with Crippen molar-refractivity contribution in [2.75, 3.05) is 18.2 Å². The summed E-state index contributed by atoms with van der Waals surface area (Å²) in [6, 6.07) is 5.18. The van der Waals surface area contributed by atoms with E-state index < -0.39 is 41.0 Å². The maximum atomic E-state index is 13.3. The second-order valence-corrected chi connectivity index (χ2v) is 13.4. The van der Waals surface area contributed by atoms with E-state index in [0.29, 0.717) is 16.7 Å². The average Bonchev–Trinajstić information content (AvgIpc) is 3.12. The minimum Gasteiger partial charge on any atom is -0.394 e. The zero-order valence-electron chi connectivity index (χ0n) is 18.6. The first-order chi connectivity index (χ1) is 15.3. The molecular weight excluding hydrogens is 488 g/mol. The van der Waals surface area contributed by atoms with Crippen molar-refractivity contribution in [3.8, 4) is 0 Å². The van der Waals surface area contributed by atoms with Crippen LogP contribution in [0.25, 0.3) is 10.3 Å². The first kappa shape index (κ1) is 25.3. The van der Waals surface area contributed by atoms with Gasteiger partial charge in [-0.2, -0.15) is 9.97 Å². The number of nitrogens with one attached hydrogen (secondary N) is 2. The van der Waals surface area contributed by atoms with E-state index in [9.17, 15) is 26.7 Å². The van der Waals surface area contributed by atoms with Gasteiger partial charge in [-0.05, 0) is 37.0 Å². The normalized spacial score (nSPS) is 14.5. The fourth-order valence-corrected chi connectivity index (χ4v) is 5.94. The third-order valence-electron chi connectivity index (χ3n) is 5.08. The van der Waals surface area contributed by atoms with Crippen molar-refractivity contribution in [1.82, 2.24) is 15.0 Å². The van der Waals surface area contributed by atoms with Gasteiger partial charge in [0.2, 0.25) is 9.84 Å². The van der Waals surface area contributed by atoms with E-state index in [-0.39, 0.29) is 28.9 Å². The molecule has 2 atom stereocenters. The molecule has 0 amide bonds. The smallest absolute Gasteiger partial charge is 0.306 e. The van der Waals surface area contributed by atoms with Crippen molar-refractivity contribution in [1.29, 1.82) is 0 Å². The van der Waals surface area contributed by atoms with Crippen molar-refractivity contribution < 1.29 is 21.9 Å². The molecule has 3 rings (SSSR count). The van der Waals surface area contributed by atoms with Gasteiger partial charge in [-0.15, -0.1) is 0 Å². The van der Waals surface area contributed by atoms with E-state index >= 15 is 0 Å². The fraction of sp³-hybridized carbons (Fsp3) is 0.450. The molecular formula is C20H26N4O6S3. The molecule has 0 aliphatic carbocycles. The summed E-state index contributed by atoms with van der Waals surface area (Å²) >= 11 is 0.846. The summed E-state index contributed by atoms with van der Waals surface area (Å²) in [6.07, 6.45) is 1.67. The molecule has 180 valence electrons. The number of anilines is 1. The quantitative estimate of drug-likeness (QED) is 0.364. The number of benzene rings is 1. The van der Waals surface area contributed by atoms with E-state index in [2.05, 4.69) is 20.3 Å². The van der Waals surface area contributed by atoms with E-state index in [4.69, 9.17) is 0 Å². The Morgan fingerprint density at radius 3 is 2.27 bits per heavy atom. The fourth-order valence-electron chi connectivity index (χ4n) is 3.32. The van der Waals surface area contributed by atoms with Gasteiger partial charge < -0.3 is 10.4 Å². The highest BCUT2D eigenvalue weighted by Gasteiger charge is 2.30. The van der Waals surface area contributed by atoms with E-state index in [1.165, 1.54) is 31.2 Å². The summed E-state index contributed by atoms with van der Waals surface area (Å²) in [4.78, 5) is 22.4. The highest BCUT2D eigenvalue weighted by atomic mass is 32.2. The van der Waals surface area contributed by atoms with Crippen LogP contribution < -0.4 is 10.2 Å². The average molecular weight is 515 g/mol. The van der Waals surface area contributed by atoms with Gasteiger partial charge in [-0.1, -0.05) is 37.3 Å². The number of nitrogens with zero attached hydrogens (tertiary/aromatic N) is 2. The number of aliphatic hydroxyl groups excluding tert-OH is 1.